The average molecular weight is 564 g/mol. The minimum atomic E-state index is -3.76. The minimum Gasteiger partial charge on any atom is -0.480 e. The maximum atomic E-state index is 13.4. The van der Waals surface area contributed by atoms with Crippen LogP contribution in [0.25, 0.3) is 21.8 Å². The molecule has 1 saturated heterocycles. The van der Waals surface area contributed by atoms with Gasteiger partial charge in [-0.15, -0.1) is 11.3 Å². The number of likely N-dealkylation sites (tertiary alicyclic amines) is 1. The number of aromatic nitrogens is 3. The number of nitrogens with one attached hydrogen (secondary N) is 1. The van der Waals surface area contributed by atoms with E-state index >= 15 is 0 Å². The Labute approximate surface area is 225 Å². The first kappa shape index (κ1) is 27.7. The number of halogens is 1. The molecule has 204 valence electrons. The van der Waals surface area contributed by atoms with E-state index in [1.54, 1.807) is 22.4 Å². The van der Waals surface area contributed by atoms with E-state index < -0.39 is 26.7 Å². The number of ether oxygens (including phenoxy) is 2. The molecule has 0 spiro atoms. The Morgan fingerprint density at radius 1 is 1.18 bits per heavy atom. The highest BCUT2D eigenvalue weighted by molar-refractivity contribution is 7.90. The Balaban J connectivity index is 1.71. The number of sulfone groups is 1. The van der Waals surface area contributed by atoms with E-state index in [4.69, 9.17) is 9.47 Å². The molecule has 10 nitrogen and oxygen atoms in total. The highest BCUT2D eigenvalue weighted by Crippen LogP contribution is 2.39. The number of amides is 1. The topological polar surface area (TPSA) is 124 Å². The Kier molecular flexibility index (Phi) is 7.88. The predicted molar refractivity (Wildman–Crippen MR) is 143 cm³/mol. The van der Waals surface area contributed by atoms with Crippen molar-refractivity contribution in [3.8, 4) is 27.7 Å². The number of methoxy groups -OCH3 is 1. The van der Waals surface area contributed by atoms with Crippen LogP contribution >= 0.6 is 11.3 Å². The van der Waals surface area contributed by atoms with E-state index in [1.165, 1.54) is 30.6 Å². The standard InChI is InChI=1S/C25H30FN5O5S2/c1-25(2,3)36-24(32)31-12-6-7-17(13-31)27-20-19(21(35-4)30-23(29-20)38(5,33)34)22-28-18(14-37-22)15-8-10-16(26)11-9-15/h8-11,14,17H,6-7,12-13H2,1-5H3,(H,27,29,30)/t17-/m1/s1. The molecule has 1 aromatic carbocycles. The van der Waals surface area contributed by atoms with E-state index in [0.29, 0.717) is 29.4 Å². The van der Waals surface area contributed by atoms with Gasteiger partial charge in [0.1, 0.15) is 27.8 Å². The van der Waals surface area contributed by atoms with E-state index in [9.17, 15) is 17.6 Å². The Bertz CT molecular complexity index is 1420. The molecule has 0 unspecified atom stereocenters. The molecule has 0 saturated carbocycles. The van der Waals surface area contributed by atoms with Crippen LogP contribution in [0.5, 0.6) is 5.88 Å². The molecule has 1 aliphatic heterocycles. The number of benzene rings is 1. The average Bonchev–Trinajstić information content (AvgIpc) is 3.32. The highest BCUT2D eigenvalue weighted by Gasteiger charge is 2.30. The lowest BCUT2D eigenvalue weighted by molar-refractivity contribution is 0.0206. The fraction of sp³-hybridized carbons (Fsp3) is 0.440. The van der Waals surface area contributed by atoms with Crippen LogP contribution in [-0.4, -0.2) is 72.5 Å². The van der Waals surface area contributed by atoms with Gasteiger partial charge in [0.15, 0.2) is 0 Å². The molecule has 1 fully saturated rings. The summed E-state index contributed by atoms with van der Waals surface area (Å²) in [6.45, 7) is 6.32. The number of anilines is 1. The SMILES string of the molecule is COc1nc(S(C)(=O)=O)nc(N[C@@H]2CCCN(C(=O)OC(C)(C)C)C2)c1-c1nc(-c2ccc(F)cc2)cs1. The lowest BCUT2D eigenvalue weighted by Crippen LogP contribution is -2.47. The second kappa shape index (κ2) is 10.8. The zero-order chi connectivity index (χ0) is 27.7. The van der Waals surface area contributed by atoms with Crippen LogP contribution in [-0.2, 0) is 14.6 Å². The van der Waals surface area contributed by atoms with Crippen molar-refractivity contribution in [2.24, 2.45) is 0 Å². The zero-order valence-electron chi connectivity index (χ0n) is 21.8. The van der Waals surface area contributed by atoms with Crippen molar-refractivity contribution in [3.63, 3.8) is 0 Å². The smallest absolute Gasteiger partial charge is 0.410 e. The molecule has 1 amide bonds. The van der Waals surface area contributed by atoms with Crippen molar-refractivity contribution in [2.75, 3.05) is 31.8 Å². The van der Waals surface area contributed by atoms with Crippen LogP contribution < -0.4 is 10.1 Å². The monoisotopic (exact) mass is 563 g/mol. The lowest BCUT2D eigenvalue weighted by atomic mass is 10.1. The normalized spacial score (nSPS) is 16.3. The number of thiazole rings is 1. The predicted octanol–water partition coefficient (Wildman–Crippen LogP) is 4.63. The molecular formula is C25H30FN5O5S2. The molecule has 2 aromatic heterocycles. The first-order chi connectivity index (χ1) is 17.8. The van der Waals surface area contributed by atoms with Gasteiger partial charge in [0, 0.05) is 36.3 Å². The van der Waals surface area contributed by atoms with Crippen LogP contribution in [0.4, 0.5) is 15.0 Å². The van der Waals surface area contributed by atoms with Crippen molar-refractivity contribution in [1.29, 1.82) is 0 Å². The molecule has 1 atom stereocenters. The van der Waals surface area contributed by atoms with Gasteiger partial charge in [0.25, 0.3) is 5.16 Å². The van der Waals surface area contributed by atoms with Crippen LogP contribution in [0.15, 0.2) is 34.8 Å². The molecule has 1 aliphatic rings. The first-order valence-corrected chi connectivity index (χ1v) is 14.7. The van der Waals surface area contributed by atoms with Gasteiger partial charge in [-0.05, 0) is 57.9 Å². The van der Waals surface area contributed by atoms with Crippen LogP contribution in [0.3, 0.4) is 0 Å². The van der Waals surface area contributed by atoms with Gasteiger partial charge in [-0.25, -0.2) is 27.6 Å². The minimum absolute atomic E-state index is 0.0442. The summed E-state index contributed by atoms with van der Waals surface area (Å²) in [6.07, 6.45) is 2.05. The fourth-order valence-electron chi connectivity index (χ4n) is 3.95. The second-order valence-electron chi connectivity index (χ2n) is 9.97. The van der Waals surface area contributed by atoms with Gasteiger partial charge in [-0.1, -0.05) is 0 Å². The Hall–Kier alpha value is -3.32. The van der Waals surface area contributed by atoms with Gasteiger partial charge in [-0.3, -0.25) is 0 Å². The van der Waals surface area contributed by atoms with Crippen molar-refractivity contribution in [2.45, 2.75) is 50.4 Å². The largest absolute Gasteiger partial charge is 0.480 e. The molecule has 0 bridgehead atoms. The Morgan fingerprint density at radius 3 is 2.53 bits per heavy atom. The van der Waals surface area contributed by atoms with Crippen LogP contribution in [0.1, 0.15) is 33.6 Å². The molecule has 3 aromatic rings. The number of carbonyl (C=O) groups excluding carboxylic acids is 1. The summed E-state index contributed by atoms with van der Waals surface area (Å²) < 4.78 is 49.1. The summed E-state index contributed by atoms with van der Waals surface area (Å²) in [4.78, 5) is 27.4. The van der Waals surface area contributed by atoms with Crippen LogP contribution in [0, 0.1) is 5.82 Å². The van der Waals surface area contributed by atoms with Gasteiger partial charge < -0.3 is 19.7 Å². The lowest BCUT2D eigenvalue weighted by Gasteiger charge is -2.34. The number of carbonyl (C=O) groups is 1. The van der Waals surface area contributed by atoms with Gasteiger partial charge in [0.05, 0.1) is 12.8 Å². The summed E-state index contributed by atoms with van der Waals surface area (Å²) in [5, 5.41) is 5.21. The zero-order valence-corrected chi connectivity index (χ0v) is 23.5. The van der Waals surface area contributed by atoms with Crippen molar-refractivity contribution < 1.29 is 27.1 Å². The fourth-order valence-corrected chi connectivity index (χ4v) is 5.32. The van der Waals surface area contributed by atoms with Crippen molar-refractivity contribution in [1.82, 2.24) is 19.9 Å². The number of rotatable bonds is 6. The quantitative estimate of drug-likeness (QED) is 0.428. The number of hydrogen-bond donors (Lipinski definition) is 1. The maximum absolute atomic E-state index is 13.4. The molecule has 4 rings (SSSR count). The van der Waals surface area contributed by atoms with Crippen LogP contribution in [0.2, 0.25) is 0 Å². The number of piperidine rings is 1. The second-order valence-corrected chi connectivity index (χ2v) is 12.7. The third kappa shape index (κ3) is 6.57. The number of hydrogen-bond acceptors (Lipinski definition) is 10. The third-order valence-electron chi connectivity index (χ3n) is 5.65. The van der Waals surface area contributed by atoms with Gasteiger partial charge in [0.2, 0.25) is 15.7 Å². The summed E-state index contributed by atoms with van der Waals surface area (Å²) in [5.41, 5.74) is 1.10. The summed E-state index contributed by atoms with van der Waals surface area (Å²) in [5.74, 6) is -0.0777. The summed E-state index contributed by atoms with van der Waals surface area (Å²) in [6, 6.07) is 5.72. The third-order valence-corrected chi connectivity index (χ3v) is 7.36. The summed E-state index contributed by atoms with van der Waals surface area (Å²) in [7, 11) is -2.37. The first-order valence-electron chi connectivity index (χ1n) is 12.0. The number of nitrogens with zero attached hydrogens (tertiary/aromatic N) is 4. The molecule has 13 heteroatoms. The molecule has 0 radical (unpaired) electrons. The highest BCUT2D eigenvalue weighted by atomic mass is 32.2. The molecular weight excluding hydrogens is 533 g/mol. The van der Waals surface area contributed by atoms with Crippen molar-refractivity contribution in [3.05, 3.63) is 35.5 Å². The van der Waals surface area contributed by atoms with Gasteiger partial charge >= 0.3 is 6.09 Å². The van der Waals surface area contributed by atoms with E-state index in [0.717, 1.165) is 24.7 Å². The van der Waals surface area contributed by atoms with Gasteiger partial charge in [-0.2, -0.15) is 4.98 Å². The summed E-state index contributed by atoms with van der Waals surface area (Å²) >= 11 is 1.29. The molecule has 3 heterocycles. The van der Waals surface area contributed by atoms with Crippen molar-refractivity contribution >= 4 is 33.1 Å². The van der Waals surface area contributed by atoms with E-state index in [1.807, 2.05) is 20.8 Å². The Morgan fingerprint density at radius 2 is 1.89 bits per heavy atom. The van der Waals surface area contributed by atoms with E-state index in [-0.39, 0.29) is 23.6 Å². The molecule has 38 heavy (non-hydrogen) atoms. The molecule has 1 N–H and O–H groups in total. The van der Waals surface area contributed by atoms with E-state index in [2.05, 4.69) is 20.3 Å². The maximum Gasteiger partial charge on any atom is 0.410 e. The molecule has 0 aliphatic carbocycles.